The van der Waals surface area contributed by atoms with Crippen LogP contribution in [0.25, 0.3) is 0 Å². The van der Waals surface area contributed by atoms with Crippen molar-refractivity contribution in [2.75, 3.05) is 7.11 Å². The summed E-state index contributed by atoms with van der Waals surface area (Å²) in [4.78, 5) is 10.2. The molecule has 38 valence electrons. The molecule has 0 atom stereocenters. The van der Waals surface area contributed by atoms with Crippen LogP contribution in [0.1, 0.15) is 0 Å². The predicted molar refractivity (Wildman–Crippen MR) is 25.7 cm³/mol. The van der Waals surface area contributed by atoms with Crippen LogP contribution < -0.4 is 0 Å². The van der Waals surface area contributed by atoms with Gasteiger partial charge in [0.15, 0.2) is 0 Å². The first kappa shape index (κ1) is 7.57. The summed E-state index contributed by atoms with van der Waals surface area (Å²) < 4.78 is 4.37. The minimum atomic E-state index is -0.652. The van der Waals surface area contributed by atoms with Crippen molar-refractivity contribution in [1.29, 1.82) is 0 Å². The first-order valence-electron chi connectivity index (χ1n) is 1.94. The molecular weight excluding hydrogens is 213 g/mol. The average Bonchev–Trinajstić information content (AvgIpc) is 1.68. The van der Waals surface area contributed by atoms with Crippen LogP contribution in [0.2, 0.25) is 5.02 Å². The van der Waals surface area contributed by atoms with Crippen molar-refractivity contribution in [2.45, 2.75) is 5.02 Å². The van der Waals surface area contributed by atoms with Crippen LogP contribution in [0.4, 0.5) is 0 Å². The monoisotopic (exact) mass is 216 g/mol. The van der Waals surface area contributed by atoms with Gasteiger partial charge in [-0.15, -0.1) is 0 Å². The van der Waals surface area contributed by atoms with Crippen molar-refractivity contribution in [1.82, 2.24) is 0 Å². The van der Waals surface area contributed by atoms with Gasteiger partial charge in [0.05, 0.1) is 0 Å². The summed E-state index contributed by atoms with van der Waals surface area (Å²) in [6.45, 7) is 0. The van der Waals surface area contributed by atoms with Gasteiger partial charge < -0.3 is 0 Å². The van der Waals surface area contributed by atoms with E-state index in [0.29, 0.717) is 5.02 Å². The number of esters is 1. The topological polar surface area (TPSA) is 26.3 Å². The number of methoxy groups -OCH3 is 1. The minimum absolute atomic E-state index is 0.0862. The second-order valence-corrected chi connectivity index (χ2v) is 6.98. The molecule has 0 radical (unpaired) electrons. The van der Waals surface area contributed by atoms with Crippen LogP contribution in [0, 0.1) is 0 Å². The molecule has 0 fully saturated rings. The van der Waals surface area contributed by atoms with E-state index in [1.807, 2.05) is 0 Å². The zero-order chi connectivity index (χ0) is 5.70. The van der Waals surface area contributed by atoms with E-state index in [1.165, 1.54) is 7.11 Å². The molecule has 0 amide bonds. The molecule has 0 aromatic carbocycles. The number of hydrogen-bond acceptors (Lipinski definition) is 2. The van der Waals surface area contributed by atoms with Gasteiger partial charge in [-0.05, 0) is 0 Å². The summed E-state index contributed by atoms with van der Waals surface area (Å²) in [7, 11) is 1.41. The van der Waals surface area contributed by atoms with E-state index >= 15 is 0 Å². The fraction of sp³-hybridized carbons (Fsp3) is 0.667. The van der Waals surface area contributed by atoms with Crippen molar-refractivity contribution in [3.05, 3.63) is 0 Å². The molecule has 0 spiro atoms. The van der Waals surface area contributed by atoms with Gasteiger partial charge in [-0.1, -0.05) is 0 Å². The second kappa shape index (κ2) is 4.73. The quantitative estimate of drug-likeness (QED) is 0.510. The van der Waals surface area contributed by atoms with Crippen molar-refractivity contribution >= 4 is 19.6 Å². The number of halogens is 1. The number of carbonyl (C=O) groups is 1. The zero-order valence-electron chi connectivity index (χ0n) is 4.11. The summed E-state index contributed by atoms with van der Waals surface area (Å²) >= 11 is 2.63. The molecule has 4 heteroatoms. The molecule has 7 heavy (non-hydrogen) atoms. The van der Waals surface area contributed by atoms with Gasteiger partial charge in [0.2, 0.25) is 0 Å². The van der Waals surface area contributed by atoms with Gasteiger partial charge in [0.25, 0.3) is 0 Å². The third-order valence-electron chi connectivity index (χ3n) is 0.526. The van der Waals surface area contributed by atoms with Crippen LogP contribution in [-0.2, 0) is 24.7 Å². The molecule has 0 saturated carbocycles. The molecule has 0 saturated heterocycles. The Morgan fingerprint density at radius 2 is 2.57 bits per heavy atom. The van der Waals surface area contributed by atoms with Gasteiger partial charge in [-0.3, -0.25) is 0 Å². The zero-order valence-corrected chi connectivity index (χ0v) is 8.66. The van der Waals surface area contributed by atoms with Gasteiger partial charge >= 0.3 is 56.4 Å². The predicted octanol–water partition coefficient (Wildman–Crippen LogP) is 0.970. The summed E-state index contributed by atoms with van der Waals surface area (Å²) in [5.41, 5.74) is 0. The van der Waals surface area contributed by atoms with Gasteiger partial charge in [0.1, 0.15) is 0 Å². The SMILES string of the molecule is COC(=O)[CH2][Zn][Br]. The summed E-state index contributed by atoms with van der Waals surface area (Å²) in [5, 5.41) is 0.642. The molecule has 0 aliphatic heterocycles. The van der Waals surface area contributed by atoms with Crippen LogP contribution in [-0.4, -0.2) is 13.1 Å². The van der Waals surface area contributed by atoms with Gasteiger partial charge in [-0.25, -0.2) is 0 Å². The molecule has 0 N–H and O–H groups in total. The Bertz CT molecular complexity index is 66.0. The summed E-state index contributed by atoms with van der Waals surface area (Å²) in [6.07, 6.45) is 0. The number of carbonyl (C=O) groups excluding carboxylic acids is 1. The molecule has 2 nitrogen and oxygen atoms in total. The standard InChI is InChI=1S/C3H5O2.BrH.Zn/c1-3(4)5-2;;/h1H2,2H3;1H;/q;;+1/p-1. The van der Waals surface area contributed by atoms with Crippen LogP contribution in [0.5, 0.6) is 0 Å². The van der Waals surface area contributed by atoms with E-state index < -0.39 is 15.2 Å². The average molecular weight is 218 g/mol. The van der Waals surface area contributed by atoms with E-state index in [1.54, 1.807) is 0 Å². The Labute approximate surface area is 56.6 Å². The molecule has 0 aromatic rings. The molecule has 0 bridgehead atoms. The van der Waals surface area contributed by atoms with Crippen LogP contribution >= 0.6 is 13.6 Å². The van der Waals surface area contributed by atoms with Crippen molar-refractivity contribution in [3.63, 3.8) is 0 Å². The molecule has 0 aliphatic carbocycles. The Morgan fingerprint density at radius 1 is 2.00 bits per heavy atom. The number of hydrogen-bond donors (Lipinski definition) is 0. The fourth-order valence-electron chi connectivity index (χ4n) is 0.179. The van der Waals surface area contributed by atoms with Crippen molar-refractivity contribution in [3.8, 4) is 0 Å². The Morgan fingerprint density at radius 3 is 2.71 bits per heavy atom. The Hall–Kier alpha value is 0.573. The second-order valence-electron chi connectivity index (χ2n) is 1.02. The molecule has 0 aliphatic rings. The first-order valence-corrected chi connectivity index (χ1v) is 11.0. The number of rotatable bonds is 2. The van der Waals surface area contributed by atoms with Crippen molar-refractivity contribution in [2.24, 2.45) is 0 Å². The Balaban J connectivity index is 3.00. The van der Waals surface area contributed by atoms with Crippen LogP contribution in [0.15, 0.2) is 0 Å². The maximum atomic E-state index is 10.2. The van der Waals surface area contributed by atoms with E-state index in [0.717, 1.165) is 0 Å². The molecule has 0 heterocycles. The molecule has 0 rings (SSSR count). The Kier molecular flexibility index (Phi) is 5.11. The summed E-state index contributed by atoms with van der Waals surface area (Å²) in [5.74, 6) is -0.0862. The maximum absolute atomic E-state index is 10.2. The van der Waals surface area contributed by atoms with E-state index in [4.69, 9.17) is 0 Å². The number of ether oxygens (including phenoxy) is 1. The molecular formula is C3H5BrO2Zn. The fourth-order valence-corrected chi connectivity index (χ4v) is 2.61. The third kappa shape index (κ3) is 4.43. The molecule has 0 aromatic heterocycles. The van der Waals surface area contributed by atoms with Crippen molar-refractivity contribution < 1.29 is 24.7 Å². The molecule has 0 unspecified atom stereocenters. The first-order chi connectivity index (χ1) is 3.31. The van der Waals surface area contributed by atoms with E-state index in [9.17, 15) is 4.79 Å². The van der Waals surface area contributed by atoms with E-state index in [-0.39, 0.29) is 5.97 Å². The van der Waals surface area contributed by atoms with Gasteiger partial charge in [0, 0.05) is 0 Å². The normalized spacial score (nSPS) is 7.14. The summed E-state index contributed by atoms with van der Waals surface area (Å²) in [6, 6.07) is 0. The van der Waals surface area contributed by atoms with Gasteiger partial charge in [-0.2, -0.15) is 0 Å². The van der Waals surface area contributed by atoms with E-state index in [2.05, 4.69) is 18.4 Å². The third-order valence-corrected chi connectivity index (χ3v) is 3.84. The van der Waals surface area contributed by atoms with Crippen LogP contribution in [0.3, 0.4) is 0 Å².